The Morgan fingerprint density at radius 3 is 2.27 bits per heavy atom. The molecule has 0 saturated heterocycles. The molecule has 0 aliphatic carbocycles. The molecule has 0 aromatic heterocycles. The lowest BCUT2D eigenvalue weighted by Gasteiger charge is -2.33. The third-order valence-electron chi connectivity index (χ3n) is 4.34. The first-order chi connectivity index (χ1) is 14.1. The minimum atomic E-state index is -0.637. The zero-order chi connectivity index (χ0) is 22.3. The summed E-state index contributed by atoms with van der Waals surface area (Å²) in [5.41, 5.74) is 0.459. The van der Waals surface area contributed by atoms with Gasteiger partial charge in [0, 0.05) is 17.1 Å². The van der Waals surface area contributed by atoms with Crippen molar-refractivity contribution in [3.05, 3.63) is 64.1 Å². The van der Waals surface area contributed by atoms with E-state index in [1.807, 2.05) is 39.8 Å². The van der Waals surface area contributed by atoms with Crippen molar-refractivity contribution in [2.45, 2.75) is 52.2 Å². The molecule has 7 heteroatoms. The lowest BCUT2D eigenvalue weighted by atomic mass is 10.1. The Morgan fingerprint density at radius 2 is 1.70 bits per heavy atom. The molecule has 0 heterocycles. The zero-order valence-electron chi connectivity index (χ0n) is 17.7. The smallest absolute Gasteiger partial charge is 0.261 e. The van der Waals surface area contributed by atoms with Gasteiger partial charge in [0.15, 0.2) is 6.61 Å². The Labute approximate surface area is 188 Å². The molecule has 0 fully saturated rings. The maximum Gasteiger partial charge on any atom is 0.261 e. The van der Waals surface area contributed by atoms with E-state index in [2.05, 4.69) is 5.32 Å². The zero-order valence-corrected chi connectivity index (χ0v) is 19.3. The normalized spacial score (nSPS) is 12.2. The lowest BCUT2D eigenvalue weighted by molar-refractivity contribution is -0.143. The van der Waals surface area contributed by atoms with Gasteiger partial charge in [-0.05, 0) is 57.0 Å². The molecule has 0 saturated carbocycles. The molecule has 1 atom stereocenters. The van der Waals surface area contributed by atoms with Gasteiger partial charge in [-0.2, -0.15) is 0 Å². The molecule has 2 aromatic carbocycles. The van der Waals surface area contributed by atoms with Gasteiger partial charge < -0.3 is 15.0 Å². The van der Waals surface area contributed by atoms with Crippen LogP contribution in [0, 0.1) is 0 Å². The van der Waals surface area contributed by atoms with Gasteiger partial charge in [-0.15, -0.1) is 0 Å². The molecule has 30 heavy (non-hydrogen) atoms. The number of rotatable bonds is 8. The summed E-state index contributed by atoms with van der Waals surface area (Å²) in [6.07, 6.45) is 0.466. The fourth-order valence-corrected chi connectivity index (χ4v) is 3.26. The Balaban J connectivity index is 2.24. The van der Waals surface area contributed by atoms with Crippen LogP contribution in [0.1, 0.15) is 39.7 Å². The maximum absolute atomic E-state index is 13.1. The summed E-state index contributed by atoms with van der Waals surface area (Å²) in [4.78, 5) is 27.6. The van der Waals surface area contributed by atoms with Crippen molar-refractivity contribution in [1.82, 2.24) is 10.2 Å². The van der Waals surface area contributed by atoms with Gasteiger partial charge in [0.2, 0.25) is 5.91 Å². The van der Waals surface area contributed by atoms with Crippen molar-refractivity contribution in [2.24, 2.45) is 0 Å². The number of amides is 2. The van der Waals surface area contributed by atoms with E-state index in [-0.39, 0.29) is 25.0 Å². The highest BCUT2D eigenvalue weighted by Crippen LogP contribution is 2.23. The second-order valence-corrected chi connectivity index (χ2v) is 8.87. The number of hydrogen-bond acceptors (Lipinski definition) is 3. The van der Waals surface area contributed by atoms with Crippen LogP contribution in [0.3, 0.4) is 0 Å². The lowest BCUT2D eigenvalue weighted by Crippen LogP contribution is -2.54. The van der Waals surface area contributed by atoms with Crippen molar-refractivity contribution in [3.63, 3.8) is 0 Å². The monoisotopic (exact) mass is 450 g/mol. The number of para-hydroxylation sites is 1. The van der Waals surface area contributed by atoms with Gasteiger partial charge in [0.25, 0.3) is 5.91 Å². The van der Waals surface area contributed by atoms with Crippen molar-refractivity contribution in [1.29, 1.82) is 0 Å². The van der Waals surface area contributed by atoms with E-state index >= 15 is 0 Å². The maximum atomic E-state index is 13.1. The minimum Gasteiger partial charge on any atom is -0.482 e. The summed E-state index contributed by atoms with van der Waals surface area (Å²) in [6.45, 7) is 7.63. The average Bonchev–Trinajstić information content (AvgIpc) is 2.67. The number of ether oxygens (including phenoxy) is 1. The first-order valence-electron chi connectivity index (χ1n) is 9.84. The fraction of sp³-hybridized carbons (Fsp3) is 0.391. The fourth-order valence-electron chi connectivity index (χ4n) is 2.94. The third kappa shape index (κ3) is 7.22. The van der Waals surface area contributed by atoms with Crippen molar-refractivity contribution < 1.29 is 14.3 Å². The molecule has 5 nitrogen and oxygen atoms in total. The van der Waals surface area contributed by atoms with Crippen LogP contribution < -0.4 is 10.1 Å². The summed E-state index contributed by atoms with van der Waals surface area (Å²) in [6, 6.07) is 13.5. The predicted molar refractivity (Wildman–Crippen MR) is 121 cm³/mol. The quantitative estimate of drug-likeness (QED) is 0.608. The molecular formula is C23H28Cl2N2O3. The third-order valence-corrected chi connectivity index (χ3v) is 4.90. The van der Waals surface area contributed by atoms with Crippen molar-refractivity contribution in [3.8, 4) is 5.75 Å². The molecule has 0 aliphatic rings. The Morgan fingerprint density at radius 1 is 1.07 bits per heavy atom. The number of carbonyl (C=O) groups is 2. The first-order valence-corrected chi connectivity index (χ1v) is 10.6. The van der Waals surface area contributed by atoms with Crippen LogP contribution in [-0.2, 0) is 16.1 Å². The second-order valence-electron chi connectivity index (χ2n) is 8.03. The van der Waals surface area contributed by atoms with Gasteiger partial charge in [0.05, 0.1) is 5.02 Å². The van der Waals surface area contributed by atoms with E-state index < -0.39 is 11.6 Å². The molecule has 2 amide bonds. The summed E-state index contributed by atoms with van der Waals surface area (Å²) in [7, 11) is 0. The van der Waals surface area contributed by atoms with Crippen LogP contribution in [0.15, 0.2) is 48.5 Å². The van der Waals surface area contributed by atoms with Gasteiger partial charge in [0.1, 0.15) is 11.8 Å². The Bertz CT molecular complexity index is 863. The van der Waals surface area contributed by atoms with E-state index in [1.54, 1.807) is 41.3 Å². The number of hydrogen-bond donors (Lipinski definition) is 1. The van der Waals surface area contributed by atoms with Gasteiger partial charge in [-0.3, -0.25) is 9.59 Å². The van der Waals surface area contributed by atoms with Crippen LogP contribution >= 0.6 is 23.2 Å². The summed E-state index contributed by atoms with van der Waals surface area (Å²) < 4.78 is 5.64. The van der Waals surface area contributed by atoms with Crippen LogP contribution in [-0.4, -0.2) is 34.9 Å². The van der Waals surface area contributed by atoms with Gasteiger partial charge in [-0.1, -0.05) is 54.4 Å². The Kier molecular flexibility index (Phi) is 8.56. The summed E-state index contributed by atoms with van der Waals surface area (Å²) in [5.74, 6) is -0.0861. The van der Waals surface area contributed by atoms with Gasteiger partial charge in [-0.25, -0.2) is 0 Å². The minimum absolute atomic E-state index is 0.204. The topological polar surface area (TPSA) is 58.6 Å². The van der Waals surface area contributed by atoms with Crippen LogP contribution in [0.25, 0.3) is 0 Å². The molecule has 0 bridgehead atoms. The largest absolute Gasteiger partial charge is 0.482 e. The van der Waals surface area contributed by atoms with E-state index in [4.69, 9.17) is 27.9 Å². The molecule has 1 N–H and O–H groups in total. The predicted octanol–water partition coefficient (Wildman–Crippen LogP) is 5.09. The molecule has 2 aromatic rings. The van der Waals surface area contributed by atoms with Gasteiger partial charge >= 0.3 is 0 Å². The number of halogens is 2. The highest BCUT2D eigenvalue weighted by atomic mass is 35.5. The van der Waals surface area contributed by atoms with Crippen LogP contribution in [0.4, 0.5) is 0 Å². The molecule has 162 valence electrons. The number of nitrogens with one attached hydrogen (secondary N) is 1. The molecule has 0 spiro atoms. The van der Waals surface area contributed by atoms with E-state index in [1.165, 1.54) is 0 Å². The first kappa shape index (κ1) is 24.0. The number of carbonyl (C=O) groups excluding carboxylic acids is 2. The van der Waals surface area contributed by atoms with Crippen molar-refractivity contribution in [2.75, 3.05) is 6.61 Å². The van der Waals surface area contributed by atoms with Crippen LogP contribution in [0.5, 0.6) is 5.75 Å². The van der Waals surface area contributed by atoms with E-state index in [0.717, 1.165) is 5.56 Å². The SMILES string of the molecule is CC[C@H](C(=O)NC(C)(C)C)N(Cc1ccc(Cl)cc1)C(=O)COc1ccccc1Cl. The molecule has 0 unspecified atom stereocenters. The van der Waals surface area contributed by atoms with Crippen LogP contribution in [0.2, 0.25) is 10.0 Å². The molecule has 0 radical (unpaired) electrons. The van der Waals surface area contributed by atoms with E-state index in [0.29, 0.717) is 22.2 Å². The highest BCUT2D eigenvalue weighted by Gasteiger charge is 2.31. The number of benzene rings is 2. The highest BCUT2D eigenvalue weighted by molar-refractivity contribution is 6.32. The molecule has 2 rings (SSSR count). The summed E-state index contributed by atoms with van der Waals surface area (Å²) in [5, 5.41) is 4.00. The standard InChI is InChI=1S/C23H28Cl2N2O3/c1-5-19(22(29)26-23(2,3)4)27(14-16-10-12-17(24)13-11-16)21(28)15-30-20-9-7-6-8-18(20)25/h6-13,19H,5,14-15H2,1-4H3,(H,26,29)/t19-/m1/s1. The second kappa shape index (κ2) is 10.7. The number of nitrogens with zero attached hydrogens (tertiary/aromatic N) is 1. The molecular weight excluding hydrogens is 423 g/mol. The summed E-state index contributed by atoms with van der Waals surface area (Å²) >= 11 is 12.1. The average molecular weight is 451 g/mol. The Hall–Kier alpha value is -2.24. The van der Waals surface area contributed by atoms with E-state index in [9.17, 15) is 9.59 Å². The molecule has 0 aliphatic heterocycles. The van der Waals surface area contributed by atoms with Crippen molar-refractivity contribution >= 4 is 35.0 Å².